The Hall–Kier alpha value is -1.61. The van der Waals surface area contributed by atoms with Gasteiger partial charge in [-0.1, -0.05) is 27.5 Å². The first-order chi connectivity index (χ1) is 14.8. The molecule has 2 aromatic carbocycles. The molecule has 0 unspecified atom stereocenters. The lowest BCUT2D eigenvalue weighted by atomic mass is 9.98. The van der Waals surface area contributed by atoms with Gasteiger partial charge >= 0.3 is 0 Å². The standard InChI is InChI=1S/C22H24BrClN2O4S/c1-2-30-20-8-6-18(24)13-21(20)31(28,29)25-10-3-4-16(14-25)22(27)26-11-9-15-12-17(23)5-7-19(15)26/h5-8,12-13,16H,2-4,9-11,14H2,1H3/t16-/m1/s1. The molecule has 2 aromatic rings. The Kier molecular flexibility index (Phi) is 6.62. The molecule has 1 saturated heterocycles. The number of hydrogen-bond donors (Lipinski definition) is 0. The first kappa shape index (κ1) is 22.6. The normalized spacial score (nSPS) is 19.3. The predicted molar refractivity (Wildman–Crippen MR) is 124 cm³/mol. The lowest BCUT2D eigenvalue weighted by Crippen LogP contribution is -2.46. The summed E-state index contributed by atoms with van der Waals surface area (Å²) in [5, 5.41) is 0.325. The van der Waals surface area contributed by atoms with Crippen molar-refractivity contribution in [2.45, 2.75) is 31.1 Å². The number of piperidine rings is 1. The van der Waals surface area contributed by atoms with Crippen LogP contribution in [-0.2, 0) is 21.2 Å². The number of hydrogen-bond acceptors (Lipinski definition) is 4. The number of anilines is 1. The number of sulfonamides is 1. The molecule has 166 valence electrons. The summed E-state index contributed by atoms with van der Waals surface area (Å²) in [6.07, 6.45) is 2.10. The van der Waals surface area contributed by atoms with Crippen molar-refractivity contribution in [3.05, 3.63) is 51.5 Å². The number of halogens is 2. The van der Waals surface area contributed by atoms with E-state index >= 15 is 0 Å². The van der Waals surface area contributed by atoms with Crippen LogP contribution in [0.1, 0.15) is 25.3 Å². The summed E-state index contributed by atoms with van der Waals surface area (Å²) < 4.78 is 34.7. The number of ether oxygens (including phenoxy) is 1. The molecule has 1 atom stereocenters. The molecular weight excluding hydrogens is 504 g/mol. The molecule has 0 radical (unpaired) electrons. The van der Waals surface area contributed by atoms with Crippen LogP contribution in [-0.4, -0.2) is 44.9 Å². The van der Waals surface area contributed by atoms with Crippen LogP contribution in [0, 0.1) is 5.92 Å². The van der Waals surface area contributed by atoms with E-state index in [0.717, 1.165) is 22.1 Å². The maximum Gasteiger partial charge on any atom is 0.246 e. The first-order valence-corrected chi connectivity index (χ1v) is 12.9. The Labute approximate surface area is 196 Å². The zero-order valence-electron chi connectivity index (χ0n) is 17.2. The maximum absolute atomic E-state index is 13.4. The van der Waals surface area contributed by atoms with Crippen LogP contribution in [0.15, 0.2) is 45.8 Å². The van der Waals surface area contributed by atoms with Crippen molar-refractivity contribution in [1.82, 2.24) is 4.31 Å². The highest BCUT2D eigenvalue weighted by Crippen LogP contribution is 2.35. The van der Waals surface area contributed by atoms with Crippen LogP contribution in [0.25, 0.3) is 0 Å². The van der Waals surface area contributed by atoms with Crippen molar-refractivity contribution in [2.24, 2.45) is 5.92 Å². The molecule has 0 bridgehead atoms. The molecule has 0 aliphatic carbocycles. The molecule has 6 nitrogen and oxygen atoms in total. The van der Waals surface area contributed by atoms with Crippen LogP contribution in [0.5, 0.6) is 5.75 Å². The van der Waals surface area contributed by atoms with E-state index in [1.165, 1.54) is 10.4 Å². The summed E-state index contributed by atoms with van der Waals surface area (Å²) in [6.45, 7) is 3.29. The van der Waals surface area contributed by atoms with Crippen LogP contribution >= 0.6 is 27.5 Å². The van der Waals surface area contributed by atoms with E-state index in [4.69, 9.17) is 16.3 Å². The molecule has 0 saturated carbocycles. The molecule has 31 heavy (non-hydrogen) atoms. The maximum atomic E-state index is 13.4. The molecule has 1 amide bonds. The van der Waals surface area contributed by atoms with E-state index in [1.54, 1.807) is 24.0 Å². The van der Waals surface area contributed by atoms with Gasteiger partial charge in [0.2, 0.25) is 15.9 Å². The minimum Gasteiger partial charge on any atom is -0.492 e. The molecule has 2 aliphatic heterocycles. The highest BCUT2D eigenvalue weighted by molar-refractivity contribution is 9.10. The Balaban J connectivity index is 1.57. The third kappa shape index (κ3) is 4.49. The van der Waals surface area contributed by atoms with Crippen molar-refractivity contribution in [2.75, 3.05) is 31.1 Å². The van der Waals surface area contributed by atoms with Gasteiger partial charge in [-0.3, -0.25) is 4.79 Å². The predicted octanol–water partition coefficient (Wildman–Crippen LogP) is 4.49. The third-order valence-corrected chi connectivity index (χ3v) is 8.37. The van der Waals surface area contributed by atoms with Gasteiger partial charge in [-0.15, -0.1) is 0 Å². The Morgan fingerprint density at radius 3 is 2.81 bits per heavy atom. The molecule has 2 heterocycles. The number of rotatable bonds is 5. The largest absolute Gasteiger partial charge is 0.492 e. The average molecular weight is 528 g/mol. The van der Waals surface area contributed by atoms with E-state index in [-0.39, 0.29) is 29.0 Å². The van der Waals surface area contributed by atoms with Crippen LogP contribution in [0.3, 0.4) is 0 Å². The number of carbonyl (C=O) groups is 1. The quantitative estimate of drug-likeness (QED) is 0.575. The second-order valence-electron chi connectivity index (χ2n) is 7.74. The summed E-state index contributed by atoms with van der Waals surface area (Å²) in [7, 11) is -3.85. The van der Waals surface area contributed by atoms with E-state index < -0.39 is 10.0 Å². The van der Waals surface area contributed by atoms with Crippen LogP contribution < -0.4 is 9.64 Å². The van der Waals surface area contributed by atoms with Gasteiger partial charge in [-0.2, -0.15) is 4.31 Å². The van der Waals surface area contributed by atoms with E-state index in [2.05, 4.69) is 15.9 Å². The zero-order valence-corrected chi connectivity index (χ0v) is 20.3. The van der Waals surface area contributed by atoms with E-state index in [9.17, 15) is 13.2 Å². The molecule has 0 spiro atoms. The smallest absolute Gasteiger partial charge is 0.246 e. The highest BCUT2D eigenvalue weighted by Gasteiger charge is 2.38. The first-order valence-electron chi connectivity index (χ1n) is 10.3. The van der Waals surface area contributed by atoms with Crippen molar-refractivity contribution in [3.8, 4) is 5.75 Å². The molecule has 2 aliphatic rings. The van der Waals surface area contributed by atoms with Gasteiger partial charge in [0, 0.05) is 34.8 Å². The van der Waals surface area contributed by atoms with Gasteiger partial charge in [-0.05, 0) is 68.1 Å². The Morgan fingerprint density at radius 1 is 1.23 bits per heavy atom. The monoisotopic (exact) mass is 526 g/mol. The molecule has 9 heteroatoms. The minimum absolute atomic E-state index is 0.0166. The Bertz CT molecular complexity index is 1110. The van der Waals surface area contributed by atoms with Gasteiger partial charge in [0.1, 0.15) is 10.6 Å². The van der Waals surface area contributed by atoms with Gasteiger partial charge in [0.05, 0.1) is 12.5 Å². The van der Waals surface area contributed by atoms with Crippen LogP contribution in [0.4, 0.5) is 5.69 Å². The summed E-state index contributed by atoms with van der Waals surface area (Å²) in [4.78, 5) is 15.2. The van der Waals surface area contributed by atoms with Crippen molar-refractivity contribution >= 4 is 49.1 Å². The zero-order chi connectivity index (χ0) is 22.2. The van der Waals surface area contributed by atoms with Crippen molar-refractivity contribution in [1.29, 1.82) is 0 Å². The lowest BCUT2D eigenvalue weighted by molar-refractivity contribution is -0.123. The summed E-state index contributed by atoms with van der Waals surface area (Å²) >= 11 is 9.56. The highest BCUT2D eigenvalue weighted by atomic mass is 79.9. The Morgan fingerprint density at radius 2 is 2.03 bits per heavy atom. The minimum atomic E-state index is -3.85. The van der Waals surface area contributed by atoms with Crippen molar-refractivity contribution < 1.29 is 17.9 Å². The molecule has 0 aromatic heterocycles. The molecule has 0 N–H and O–H groups in total. The summed E-state index contributed by atoms with van der Waals surface area (Å²) in [6, 6.07) is 10.5. The molecular formula is C22H24BrClN2O4S. The molecule has 4 rings (SSSR count). The number of fused-ring (bicyclic) bond motifs is 1. The number of amides is 1. The second-order valence-corrected chi connectivity index (χ2v) is 11.0. The number of benzene rings is 2. The topological polar surface area (TPSA) is 66.9 Å². The molecule has 1 fully saturated rings. The number of carbonyl (C=O) groups excluding carboxylic acids is 1. The fourth-order valence-electron chi connectivity index (χ4n) is 4.28. The van der Waals surface area contributed by atoms with Crippen molar-refractivity contribution in [3.63, 3.8) is 0 Å². The second kappa shape index (κ2) is 9.10. The van der Waals surface area contributed by atoms with Gasteiger partial charge in [0.25, 0.3) is 0 Å². The summed E-state index contributed by atoms with van der Waals surface area (Å²) in [5.41, 5.74) is 2.05. The van der Waals surface area contributed by atoms with Crippen LogP contribution in [0.2, 0.25) is 5.02 Å². The van der Waals surface area contributed by atoms with E-state index in [1.807, 2.05) is 18.2 Å². The fourth-order valence-corrected chi connectivity index (χ4v) is 6.61. The average Bonchev–Trinajstić information content (AvgIpc) is 3.17. The lowest BCUT2D eigenvalue weighted by Gasteiger charge is -2.33. The third-order valence-electron chi connectivity index (χ3n) is 5.76. The number of nitrogens with zero attached hydrogens (tertiary/aromatic N) is 2. The van der Waals surface area contributed by atoms with Gasteiger partial charge in [0.15, 0.2) is 0 Å². The SMILES string of the molecule is CCOc1ccc(Cl)cc1S(=O)(=O)N1CCC[C@@H](C(=O)N2CCc3cc(Br)ccc32)C1. The van der Waals surface area contributed by atoms with Gasteiger partial charge in [-0.25, -0.2) is 8.42 Å². The summed E-state index contributed by atoms with van der Waals surface area (Å²) in [5.74, 6) is -0.121. The van der Waals surface area contributed by atoms with E-state index in [0.29, 0.717) is 37.6 Å². The fraction of sp³-hybridized carbons (Fsp3) is 0.409. The van der Waals surface area contributed by atoms with Gasteiger partial charge < -0.3 is 9.64 Å².